The van der Waals surface area contributed by atoms with Gasteiger partial charge in [-0.3, -0.25) is 0 Å². The second kappa shape index (κ2) is 3.14. The van der Waals surface area contributed by atoms with Crippen molar-refractivity contribution in [1.82, 2.24) is 0 Å². The Bertz CT molecular complexity index is 248. The summed E-state index contributed by atoms with van der Waals surface area (Å²) >= 11 is 0. The molecule has 2 heterocycles. The molecule has 3 aliphatic rings. The van der Waals surface area contributed by atoms with E-state index in [-0.39, 0.29) is 0 Å². The molecule has 3 fully saturated rings. The third-order valence-corrected chi connectivity index (χ3v) is 2.96. The smallest absolute Gasteiger partial charge is 0.330 e. The van der Waals surface area contributed by atoms with Crippen molar-refractivity contribution in [3.05, 3.63) is 11.6 Å². The lowest BCUT2D eigenvalue weighted by Gasteiger charge is -2.45. The largest absolute Gasteiger partial charge is 0.478 e. The van der Waals surface area contributed by atoms with Crippen LogP contribution in [0.1, 0.15) is 26.2 Å². The molecule has 2 saturated heterocycles. The third-order valence-electron chi connectivity index (χ3n) is 2.96. The minimum Gasteiger partial charge on any atom is -0.478 e. The van der Waals surface area contributed by atoms with Crippen molar-refractivity contribution in [2.24, 2.45) is 5.92 Å². The number of ether oxygens (including phenoxy) is 1. The van der Waals surface area contributed by atoms with Gasteiger partial charge in [0.25, 0.3) is 0 Å². The van der Waals surface area contributed by atoms with Gasteiger partial charge in [-0.05, 0) is 19.8 Å². The van der Waals surface area contributed by atoms with Gasteiger partial charge >= 0.3 is 5.97 Å². The Hall–Kier alpha value is -0.830. The number of carboxylic acids is 1. The molecular formula is C10H14O3. The van der Waals surface area contributed by atoms with Crippen LogP contribution in [0.2, 0.25) is 0 Å². The Labute approximate surface area is 77.4 Å². The van der Waals surface area contributed by atoms with E-state index in [9.17, 15) is 4.79 Å². The number of carbonyl (C=O) groups is 1. The van der Waals surface area contributed by atoms with Crippen molar-refractivity contribution in [3.8, 4) is 0 Å². The summed E-state index contributed by atoms with van der Waals surface area (Å²) in [6.45, 7) is 1.65. The molecule has 1 aliphatic carbocycles. The SMILES string of the molecule is CC(=CC1CCC2CC1O2)C(=O)O. The standard InChI is InChI=1S/C10H14O3/c1-6(10(11)12)4-7-2-3-8-5-9(7)13-8/h4,7-9H,2-3,5H2,1H3,(H,11,12). The van der Waals surface area contributed by atoms with Crippen LogP contribution in [-0.2, 0) is 9.53 Å². The van der Waals surface area contributed by atoms with E-state index in [0.29, 0.717) is 23.7 Å². The van der Waals surface area contributed by atoms with E-state index in [4.69, 9.17) is 9.84 Å². The van der Waals surface area contributed by atoms with E-state index in [1.165, 1.54) is 0 Å². The van der Waals surface area contributed by atoms with Crippen LogP contribution >= 0.6 is 0 Å². The molecule has 0 spiro atoms. The lowest BCUT2D eigenvalue weighted by Crippen LogP contribution is -2.47. The molecule has 0 aromatic carbocycles. The monoisotopic (exact) mass is 182 g/mol. The van der Waals surface area contributed by atoms with Gasteiger partial charge in [0.2, 0.25) is 0 Å². The molecule has 3 nitrogen and oxygen atoms in total. The van der Waals surface area contributed by atoms with Crippen LogP contribution in [0.4, 0.5) is 0 Å². The molecule has 72 valence electrons. The van der Waals surface area contributed by atoms with Gasteiger partial charge in [-0.1, -0.05) is 6.08 Å². The van der Waals surface area contributed by atoms with Gasteiger partial charge in [-0.15, -0.1) is 0 Å². The number of rotatable bonds is 2. The average molecular weight is 182 g/mol. The average Bonchev–Trinajstić information content (AvgIpc) is 2.02. The van der Waals surface area contributed by atoms with Crippen LogP contribution in [0.15, 0.2) is 11.6 Å². The van der Waals surface area contributed by atoms with Crippen LogP contribution in [0.5, 0.6) is 0 Å². The van der Waals surface area contributed by atoms with Gasteiger partial charge in [0.05, 0.1) is 12.2 Å². The maximum Gasteiger partial charge on any atom is 0.330 e. The first-order valence-electron chi connectivity index (χ1n) is 4.74. The second-order valence-corrected chi connectivity index (χ2v) is 3.93. The number of carboxylic acid groups (broad SMARTS) is 1. The van der Waals surface area contributed by atoms with Crippen molar-refractivity contribution in [2.75, 3.05) is 0 Å². The van der Waals surface area contributed by atoms with E-state index < -0.39 is 5.97 Å². The Kier molecular flexibility index (Phi) is 2.12. The quantitative estimate of drug-likeness (QED) is 0.659. The molecule has 13 heavy (non-hydrogen) atoms. The third kappa shape index (κ3) is 1.61. The summed E-state index contributed by atoms with van der Waals surface area (Å²) < 4.78 is 5.53. The highest BCUT2D eigenvalue weighted by Crippen LogP contribution is 2.39. The molecule has 2 bridgehead atoms. The van der Waals surface area contributed by atoms with E-state index in [1.807, 2.05) is 6.08 Å². The van der Waals surface area contributed by atoms with Gasteiger partial charge in [-0.2, -0.15) is 0 Å². The Morgan fingerprint density at radius 2 is 2.23 bits per heavy atom. The fourth-order valence-corrected chi connectivity index (χ4v) is 2.10. The lowest BCUT2D eigenvalue weighted by molar-refractivity contribution is -0.175. The van der Waals surface area contributed by atoms with Gasteiger partial charge in [0, 0.05) is 17.9 Å². The first kappa shape index (κ1) is 8.75. The summed E-state index contributed by atoms with van der Waals surface area (Å²) in [5.41, 5.74) is 0.443. The zero-order valence-corrected chi connectivity index (χ0v) is 7.69. The highest BCUT2D eigenvalue weighted by atomic mass is 16.5. The first-order chi connectivity index (χ1) is 6.16. The molecule has 3 rings (SSSR count). The number of aliphatic carboxylic acids is 1. The van der Waals surface area contributed by atoms with Crippen molar-refractivity contribution >= 4 is 5.97 Å². The van der Waals surface area contributed by atoms with Crippen LogP contribution in [0, 0.1) is 5.92 Å². The highest BCUT2D eigenvalue weighted by molar-refractivity contribution is 5.85. The molecule has 0 aromatic rings. The lowest BCUT2D eigenvalue weighted by atomic mass is 9.79. The number of hydrogen-bond acceptors (Lipinski definition) is 2. The molecular weight excluding hydrogens is 168 g/mol. The second-order valence-electron chi connectivity index (χ2n) is 3.93. The molecule has 1 N–H and O–H groups in total. The van der Waals surface area contributed by atoms with E-state index in [2.05, 4.69) is 0 Å². The van der Waals surface area contributed by atoms with Gasteiger partial charge in [-0.25, -0.2) is 4.79 Å². The molecule has 3 heteroatoms. The zero-order valence-electron chi connectivity index (χ0n) is 7.69. The predicted octanol–water partition coefficient (Wildman–Crippen LogP) is 1.58. The van der Waals surface area contributed by atoms with Crippen molar-refractivity contribution in [2.45, 2.75) is 38.4 Å². The molecule has 0 aromatic heterocycles. The summed E-state index contributed by atoms with van der Waals surface area (Å²) in [7, 11) is 0. The summed E-state index contributed by atoms with van der Waals surface area (Å²) in [4.78, 5) is 10.6. The molecule has 3 unspecified atom stereocenters. The number of hydrogen-bond donors (Lipinski definition) is 1. The minimum absolute atomic E-state index is 0.299. The minimum atomic E-state index is -0.818. The van der Waals surface area contributed by atoms with Crippen LogP contribution in [0.25, 0.3) is 0 Å². The van der Waals surface area contributed by atoms with Crippen LogP contribution in [-0.4, -0.2) is 23.3 Å². The Morgan fingerprint density at radius 3 is 2.69 bits per heavy atom. The summed E-state index contributed by atoms with van der Waals surface area (Å²) in [5, 5.41) is 8.70. The van der Waals surface area contributed by atoms with Crippen LogP contribution in [0.3, 0.4) is 0 Å². The molecule has 2 aliphatic heterocycles. The van der Waals surface area contributed by atoms with Crippen LogP contribution < -0.4 is 0 Å². The topological polar surface area (TPSA) is 46.5 Å². The maximum atomic E-state index is 10.6. The van der Waals surface area contributed by atoms with Crippen molar-refractivity contribution in [1.29, 1.82) is 0 Å². The van der Waals surface area contributed by atoms with E-state index in [0.717, 1.165) is 19.3 Å². The fourth-order valence-electron chi connectivity index (χ4n) is 2.10. The molecule has 0 radical (unpaired) electrons. The fraction of sp³-hybridized carbons (Fsp3) is 0.700. The number of fused-ring (bicyclic) bond motifs is 2. The van der Waals surface area contributed by atoms with Gasteiger partial charge in [0.1, 0.15) is 0 Å². The first-order valence-corrected chi connectivity index (χ1v) is 4.74. The summed E-state index contributed by atoms with van der Waals surface area (Å²) in [6.07, 6.45) is 5.91. The van der Waals surface area contributed by atoms with Gasteiger partial charge < -0.3 is 9.84 Å². The van der Waals surface area contributed by atoms with E-state index in [1.54, 1.807) is 6.92 Å². The van der Waals surface area contributed by atoms with Crippen molar-refractivity contribution < 1.29 is 14.6 Å². The summed E-state index contributed by atoms with van der Waals surface area (Å²) in [6, 6.07) is 0. The van der Waals surface area contributed by atoms with Crippen molar-refractivity contribution in [3.63, 3.8) is 0 Å². The van der Waals surface area contributed by atoms with E-state index >= 15 is 0 Å². The zero-order chi connectivity index (χ0) is 9.42. The predicted molar refractivity (Wildman–Crippen MR) is 47.4 cm³/mol. The Morgan fingerprint density at radius 1 is 1.54 bits per heavy atom. The normalized spacial score (nSPS) is 38.2. The molecule has 1 saturated carbocycles. The Balaban J connectivity index is 2.00. The molecule has 0 amide bonds. The van der Waals surface area contributed by atoms with Gasteiger partial charge in [0.15, 0.2) is 0 Å². The maximum absolute atomic E-state index is 10.6. The summed E-state index contributed by atoms with van der Waals surface area (Å²) in [5.74, 6) is -0.484. The molecule has 3 atom stereocenters. The highest BCUT2D eigenvalue weighted by Gasteiger charge is 2.40.